The van der Waals surface area contributed by atoms with Gasteiger partial charge < -0.3 is 15.2 Å². The smallest absolute Gasteiger partial charge is 0.258 e. The molecule has 3 aromatic rings. The first kappa shape index (κ1) is 18.6. The summed E-state index contributed by atoms with van der Waals surface area (Å²) in [5, 5.41) is 3.49. The van der Waals surface area contributed by atoms with Gasteiger partial charge in [0.1, 0.15) is 5.82 Å². The standard InChI is InChI=1S/C21H24N4O2/c1-25(16-8-3-2-4-9-16)15-7-14-22-20(26)13-12-19-23-18-11-6-5-10-17(18)21(27)24-19/h2-6,8-11H,7,12-15H2,1H3,(H,22,26)(H,23,24,27). The van der Waals surface area contributed by atoms with Crippen molar-refractivity contribution in [3.05, 3.63) is 70.8 Å². The third-order valence-electron chi connectivity index (χ3n) is 4.44. The van der Waals surface area contributed by atoms with Crippen LogP contribution in [0.4, 0.5) is 5.69 Å². The highest BCUT2D eigenvalue weighted by atomic mass is 16.1. The van der Waals surface area contributed by atoms with Crippen molar-refractivity contribution >= 4 is 22.5 Å². The Morgan fingerprint density at radius 3 is 2.67 bits per heavy atom. The van der Waals surface area contributed by atoms with Crippen LogP contribution in [0.5, 0.6) is 0 Å². The molecule has 0 aliphatic heterocycles. The van der Waals surface area contributed by atoms with E-state index in [4.69, 9.17) is 0 Å². The Bertz CT molecular complexity index is 953. The summed E-state index contributed by atoms with van der Waals surface area (Å²) in [7, 11) is 2.04. The molecular formula is C21H24N4O2. The van der Waals surface area contributed by atoms with Gasteiger partial charge in [0.2, 0.25) is 5.91 Å². The number of carbonyl (C=O) groups is 1. The molecule has 27 heavy (non-hydrogen) atoms. The van der Waals surface area contributed by atoms with Crippen LogP contribution in [0.25, 0.3) is 10.9 Å². The minimum Gasteiger partial charge on any atom is -0.375 e. The van der Waals surface area contributed by atoms with Crippen molar-refractivity contribution in [1.29, 1.82) is 0 Å². The van der Waals surface area contributed by atoms with Crippen molar-refractivity contribution in [3.63, 3.8) is 0 Å². The summed E-state index contributed by atoms with van der Waals surface area (Å²) in [6, 6.07) is 17.3. The maximum Gasteiger partial charge on any atom is 0.258 e. The maximum atomic E-state index is 12.0. The van der Waals surface area contributed by atoms with Gasteiger partial charge in [-0.3, -0.25) is 9.59 Å². The summed E-state index contributed by atoms with van der Waals surface area (Å²) in [6.45, 7) is 1.49. The van der Waals surface area contributed by atoms with E-state index in [2.05, 4.69) is 32.3 Å². The van der Waals surface area contributed by atoms with E-state index in [1.807, 2.05) is 37.4 Å². The lowest BCUT2D eigenvalue weighted by Crippen LogP contribution is -2.28. The monoisotopic (exact) mass is 364 g/mol. The Balaban J connectivity index is 1.42. The summed E-state index contributed by atoms with van der Waals surface area (Å²) >= 11 is 0. The number of para-hydroxylation sites is 2. The summed E-state index contributed by atoms with van der Waals surface area (Å²) < 4.78 is 0. The number of carbonyl (C=O) groups excluding carboxylic acids is 1. The molecule has 0 aliphatic carbocycles. The third kappa shape index (κ3) is 5.17. The number of anilines is 1. The predicted molar refractivity (Wildman–Crippen MR) is 108 cm³/mol. The molecule has 6 nitrogen and oxygen atoms in total. The van der Waals surface area contributed by atoms with Gasteiger partial charge in [0, 0.05) is 38.7 Å². The molecule has 1 heterocycles. The van der Waals surface area contributed by atoms with Crippen molar-refractivity contribution in [1.82, 2.24) is 15.3 Å². The number of hydrogen-bond acceptors (Lipinski definition) is 4. The quantitative estimate of drug-likeness (QED) is 0.602. The number of hydrogen-bond donors (Lipinski definition) is 2. The Morgan fingerprint density at radius 1 is 1.11 bits per heavy atom. The van der Waals surface area contributed by atoms with Crippen LogP contribution in [0.2, 0.25) is 0 Å². The zero-order valence-electron chi connectivity index (χ0n) is 15.4. The minimum atomic E-state index is -0.167. The van der Waals surface area contributed by atoms with Gasteiger partial charge >= 0.3 is 0 Å². The first-order valence-corrected chi connectivity index (χ1v) is 9.14. The van der Waals surface area contributed by atoms with E-state index >= 15 is 0 Å². The fraction of sp³-hybridized carbons (Fsp3) is 0.286. The van der Waals surface area contributed by atoms with Crippen LogP contribution in [0.15, 0.2) is 59.4 Å². The molecule has 0 atom stereocenters. The lowest BCUT2D eigenvalue weighted by molar-refractivity contribution is -0.121. The van der Waals surface area contributed by atoms with E-state index in [-0.39, 0.29) is 11.5 Å². The van der Waals surface area contributed by atoms with Crippen LogP contribution in [0, 0.1) is 0 Å². The Kier molecular flexibility index (Phi) is 6.20. The number of aryl methyl sites for hydroxylation is 1. The second-order valence-electron chi connectivity index (χ2n) is 6.49. The number of aromatic nitrogens is 2. The molecule has 1 amide bonds. The van der Waals surface area contributed by atoms with E-state index in [1.165, 1.54) is 0 Å². The molecule has 1 aromatic heterocycles. The van der Waals surface area contributed by atoms with E-state index in [9.17, 15) is 9.59 Å². The topological polar surface area (TPSA) is 78.1 Å². The highest BCUT2D eigenvalue weighted by Gasteiger charge is 2.07. The van der Waals surface area contributed by atoms with Crippen LogP contribution < -0.4 is 15.8 Å². The van der Waals surface area contributed by atoms with Gasteiger partial charge in [0.05, 0.1) is 10.9 Å². The molecule has 2 N–H and O–H groups in total. The SMILES string of the molecule is CN(CCCNC(=O)CCc1nc2ccccc2c(=O)[nH]1)c1ccccc1. The molecule has 0 saturated carbocycles. The van der Waals surface area contributed by atoms with E-state index in [0.29, 0.717) is 36.1 Å². The molecule has 140 valence electrons. The molecule has 6 heteroatoms. The van der Waals surface area contributed by atoms with Gasteiger partial charge in [-0.05, 0) is 30.7 Å². The van der Waals surface area contributed by atoms with Crippen molar-refractivity contribution in [2.24, 2.45) is 0 Å². The molecular weight excluding hydrogens is 340 g/mol. The summed E-state index contributed by atoms with van der Waals surface area (Å²) in [5.41, 5.74) is 1.65. The zero-order valence-corrected chi connectivity index (χ0v) is 15.4. The number of amides is 1. The Labute approximate surface area is 158 Å². The first-order chi connectivity index (χ1) is 13.1. The Hall–Kier alpha value is -3.15. The summed E-state index contributed by atoms with van der Waals surface area (Å²) in [4.78, 5) is 33.4. The van der Waals surface area contributed by atoms with Gasteiger partial charge in [-0.25, -0.2) is 4.98 Å². The minimum absolute atomic E-state index is 0.0341. The van der Waals surface area contributed by atoms with Crippen LogP contribution in [-0.4, -0.2) is 36.0 Å². The zero-order chi connectivity index (χ0) is 19.1. The van der Waals surface area contributed by atoms with Crippen LogP contribution in [0.3, 0.4) is 0 Å². The number of nitrogens with one attached hydrogen (secondary N) is 2. The Morgan fingerprint density at radius 2 is 1.85 bits per heavy atom. The number of benzene rings is 2. The highest BCUT2D eigenvalue weighted by Crippen LogP contribution is 2.10. The molecule has 0 spiro atoms. The molecule has 0 unspecified atom stereocenters. The van der Waals surface area contributed by atoms with Crippen molar-refractivity contribution < 1.29 is 4.79 Å². The van der Waals surface area contributed by atoms with Gasteiger partial charge in [-0.1, -0.05) is 30.3 Å². The maximum absolute atomic E-state index is 12.0. The van der Waals surface area contributed by atoms with Crippen molar-refractivity contribution in [3.8, 4) is 0 Å². The largest absolute Gasteiger partial charge is 0.375 e. The van der Waals surface area contributed by atoms with E-state index in [1.54, 1.807) is 12.1 Å². The third-order valence-corrected chi connectivity index (χ3v) is 4.44. The molecule has 2 aromatic carbocycles. The molecule has 3 rings (SSSR count). The number of fused-ring (bicyclic) bond motifs is 1. The van der Waals surface area contributed by atoms with E-state index < -0.39 is 0 Å². The number of nitrogens with zero attached hydrogens (tertiary/aromatic N) is 2. The normalized spacial score (nSPS) is 10.7. The van der Waals surface area contributed by atoms with Gasteiger partial charge in [-0.15, -0.1) is 0 Å². The van der Waals surface area contributed by atoms with Gasteiger partial charge in [0.25, 0.3) is 5.56 Å². The average molecular weight is 364 g/mol. The number of aromatic amines is 1. The van der Waals surface area contributed by atoms with Crippen molar-refractivity contribution in [2.75, 3.05) is 25.0 Å². The van der Waals surface area contributed by atoms with Gasteiger partial charge in [0.15, 0.2) is 0 Å². The fourth-order valence-electron chi connectivity index (χ4n) is 2.93. The highest BCUT2D eigenvalue weighted by molar-refractivity contribution is 5.78. The second kappa shape index (κ2) is 8.98. The molecule has 0 fully saturated rings. The summed E-state index contributed by atoms with van der Waals surface area (Å²) in [5.74, 6) is 0.505. The van der Waals surface area contributed by atoms with Crippen LogP contribution in [0.1, 0.15) is 18.7 Å². The fourth-order valence-corrected chi connectivity index (χ4v) is 2.93. The molecule has 0 radical (unpaired) electrons. The number of rotatable bonds is 8. The molecule has 0 aliphatic rings. The van der Waals surface area contributed by atoms with E-state index in [0.717, 1.165) is 18.7 Å². The van der Waals surface area contributed by atoms with Crippen LogP contribution >= 0.6 is 0 Å². The predicted octanol–water partition coefficient (Wildman–Crippen LogP) is 2.50. The first-order valence-electron chi connectivity index (χ1n) is 9.14. The number of H-pyrrole nitrogens is 1. The summed E-state index contributed by atoms with van der Waals surface area (Å²) in [6.07, 6.45) is 1.58. The second-order valence-corrected chi connectivity index (χ2v) is 6.49. The van der Waals surface area contributed by atoms with Gasteiger partial charge in [-0.2, -0.15) is 0 Å². The lowest BCUT2D eigenvalue weighted by atomic mass is 10.2. The lowest BCUT2D eigenvalue weighted by Gasteiger charge is -2.19. The van der Waals surface area contributed by atoms with Crippen molar-refractivity contribution in [2.45, 2.75) is 19.3 Å². The average Bonchev–Trinajstić information content (AvgIpc) is 2.70. The molecule has 0 bridgehead atoms. The molecule has 0 saturated heterocycles. The van der Waals surface area contributed by atoms with Crippen LogP contribution in [-0.2, 0) is 11.2 Å².